The van der Waals surface area contributed by atoms with E-state index in [1.54, 1.807) is 0 Å². The molecule has 0 bridgehead atoms. The van der Waals surface area contributed by atoms with Crippen molar-refractivity contribution in [1.29, 1.82) is 0 Å². The van der Waals surface area contributed by atoms with Crippen molar-refractivity contribution in [3.8, 4) is 0 Å². The van der Waals surface area contributed by atoms with Crippen molar-refractivity contribution in [2.75, 3.05) is 31.1 Å². The fraction of sp³-hybridized carbons (Fsp3) is 0.391. The van der Waals surface area contributed by atoms with Crippen LogP contribution in [-0.4, -0.2) is 47.1 Å². The molecule has 1 fully saturated rings. The molecule has 5 nitrogen and oxygen atoms in total. The van der Waals surface area contributed by atoms with E-state index in [4.69, 9.17) is 5.11 Å². The van der Waals surface area contributed by atoms with Gasteiger partial charge in [-0.3, -0.25) is 9.69 Å². The highest BCUT2D eigenvalue weighted by Crippen LogP contribution is 2.35. The topological polar surface area (TPSA) is 56.7 Å². The summed E-state index contributed by atoms with van der Waals surface area (Å²) in [4.78, 5) is 20.1. The number of aliphatic carboxylic acids is 1. The Bertz CT molecular complexity index is 1130. The predicted molar refractivity (Wildman–Crippen MR) is 119 cm³/mol. The molecule has 0 atom stereocenters. The van der Waals surface area contributed by atoms with Gasteiger partial charge in [0.05, 0.1) is 22.2 Å². The van der Waals surface area contributed by atoms with E-state index in [9.17, 15) is 18.0 Å². The van der Waals surface area contributed by atoms with E-state index >= 15 is 0 Å². The lowest BCUT2D eigenvalue weighted by Crippen LogP contribution is -2.30. The molecule has 0 saturated carbocycles. The van der Waals surface area contributed by atoms with Gasteiger partial charge in [0.2, 0.25) is 0 Å². The molecule has 0 amide bonds. The predicted octanol–water partition coefficient (Wildman–Crippen LogP) is 4.96. The zero-order valence-corrected chi connectivity index (χ0v) is 18.5. The molecular formula is C23H24F3N3O2S. The third-order valence-corrected chi connectivity index (χ3v) is 6.60. The first kappa shape index (κ1) is 22.5. The van der Waals surface area contributed by atoms with Crippen molar-refractivity contribution < 1.29 is 23.1 Å². The average molecular weight is 464 g/mol. The maximum absolute atomic E-state index is 13.0. The van der Waals surface area contributed by atoms with Crippen LogP contribution >= 0.6 is 11.3 Å². The summed E-state index contributed by atoms with van der Waals surface area (Å²) in [6.07, 6.45) is -3.44. The normalized spacial score (nSPS) is 15.8. The molecule has 0 radical (unpaired) electrons. The number of alkyl halides is 3. The van der Waals surface area contributed by atoms with Crippen LogP contribution in [0, 0.1) is 6.92 Å². The van der Waals surface area contributed by atoms with Gasteiger partial charge in [-0.15, -0.1) is 0 Å². The minimum Gasteiger partial charge on any atom is -0.481 e. The molecule has 32 heavy (non-hydrogen) atoms. The number of fused-ring (bicyclic) bond motifs is 1. The molecule has 3 aromatic rings. The highest BCUT2D eigenvalue weighted by Gasteiger charge is 2.31. The van der Waals surface area contributed by atoms with E-state index < -0.39 is 17.7 Å². The molecule has 2 heterocycles. The Balaban J connectivity index is 1.44. The smallest absolute Gasteiger partial charge is 0.416 e. The molecule has 4 rings (SSSR count). The molecule has 170 valence electrons. The second-order valence-corrected chi connectivity index (χ2v) is 9.20. The summed E-state index contributed by atoms with van der Waals surface area (Å²) < 4.78 is 39.6. The summed E-state index contributed by atoms with van der Waals surface area (Å²) in [6.45, 7) is 5.92. The molecule has 1 aromatic heterocycles. The van der Waals surface area contributed by atoms with Gasteiger partial charge in [-0.05, 0) is 42.7 Å². The number of thiazole rings is 1. The van der Waals surface area contributed by atoms with Crippen LogP contribution in [0.15, 0.2) is 36.4 Å². The Hall–Kier alpha value is -2.65. The van der Waals surface area contributed by atoms with E-state index in [1.165, 1.54) is 23.5 Å². The number of aromatic nitrogens is 1. The number of nitrogens with zero attached hydrogens (tertiary/aromatic N) is 3. The zero-order valence-electron chi connectivity index (χ0n) is 17.7. The third kappa shape index (κ3) is 5.39. The minimum absolute atomic E-state index is 0.0100. The number of benzene rings is 2. The molecule has 2 aromatic carbocycles. The first-order valence-corrected chi connectivity index (χ1v) is 11.3. The molecule has 1 aliphatic heterocycles. The summed E-state index contributed by atoms with van der Waals surface area (Å²) >= 11 is 1.30. The van der Waals surface area contributed by atoms with Gasteiger partial charge in [0.25, 0.3) is 0 Å². The van der Waals surface area contributed by atoms with E-state index in [1.807, 2.05) is 19.1 Å². The van der Waals surface area contributed by atoms with Crippen molar-refractivity contribution in [3.05, 3.63) is 58.7 Å². The van der Waals surface area contributed by atoms with Gasteiger partial charge >= 0.3 is 12.1 Å². The zero-order chi connectivity index (χ0) is 22.9. The number of carboxylic acid groups (broad SMARTS) is 1. The minimum atomic E-state index is -4.36. The quantitative estimate of drug-likeness (QED) is 0.580. The Morgan fingerprint density at radius 2 is 1.88 bits per heavy atom. The average Bonchev–Trinajstić information content (AvgIpc) is 2.98. The monoisotopic (exact) mass is 463 g/mol. The molecule has 1 aliphatic rings. The van der Waals surface area contributed by atoms with Crippen molar-refractivity contribution in [1.82, 2.24) is 9.88 Å². The lowest BCUT2D eigenvalue weighted by atomic mass is 10.0. The first-order chi connectivity index (χ1) is 15.2. The highest BCUT2D eigenvalue weighted by molar-refractivity contribution is 7.22. The number of carbonyl (C=O) groups is 1. The van der Waals surface area contributed by atoms with Gasteiger partial charge in [0, 0.05) is 32.7 Å². The summed E-state index contributed by atoms with van der Waals surface area (Å²) in [6, 6.07) is 9.63. The van der Waals surface area contributed by atoms with Crippen LogP contribution in [0.5, 0.6) is 0 Å². The molecule has 0 unspecified atom stereocenters. The second-order valence-electron chi connectivity index (χ2n) is 8.19. The molecule has 9 heteroatoms. The first-order valence-electron chi connectivity index (χ1n) is 10.4. The van der Waals surface area contributed by atoms with Gasteiger partial charge in [0.1, 0.15) is 0 Å². The second kappa shape index (κ2) is 9.07. The van der Waals surface area contributed by atoms with Gasteiger partial charge in [-0.2, -0.15) is 13.2 Å². The number of hydrogen-bond acceptors (Lipinski definition) is 5. The van der Waals surface area contributed by atoms with Crippen molar-refractivity contribution >= 4 is 32.7 Å². The number of anilines is 1. The fourth-order valence-electron chi connectivity index (χ4n) is 4.12. The number of carboxylic acids is 1. The molecule has 0 aliphatic carbocycles. The summed E-state index contributed by atoms with van der Waals surface area (Å²) in [5.74, 6) is -0.842. The van der Waals surface area contributed by atoms with Crippen LogP contribution in [-0.2, 0) is 23.9 Å². The van der Waals surface area contributed by atoms with Gasteiger partial charge in [-0.25, -0.2) is 4.98 Å². The van der Waals surface area contributed by atoms with Crippen LogP contribution in [0.3, 0.4) is 0 Å². The number of hydrogen-bond donors (Lipinski definition) is 1. The largest absolute Gasteiger partial charge is 0.481 e. The van der Waals surface area contributed by atoms with E-state index in [0.717, 1.165) is 67.0 Å². The maximum atomic E-state index is 13.0. The Labute approximate surface area is 188 Å². The van der Waals surface area contributed by atoms with Crippen LogP contribution in [0.2, 0.25) is 0 Å². The molecule has 1 saturated heterocycles. The van der Waals surface area contributed by atoms with Crippen LogP contribution in [0.4, 0.5) is 18.3 Å². The number of rotatable bonds is 5. The summed E-state index contributed by atoms with van der Waals surface area (Å²) in [5.41, 5.74) is 2.88. The van der Waals surface area contributed by atoms with E-state index in [2.05, 4.69) is 20.9 Å². The lowest BCUT2D eigenvalue weighted by Gasteiger charge is -2.22. The van der Waals surface area contributed by atoms with E-state index in [-0.39, 0.29) is 6.42 Å². The molecule has 1 N–H and O–H groups in total. The highest BCUT2D eigenvalue weighted by atomic mass is 32.1. The molecular weight excluding hydrogens is 439 g/mol. The van der Waals surface area contributed by atoms with Crippen molar-refractivity contribution in [2.45, 2.75) is 32.5 Å². The van der Waals surface area contributed by atoms with Crippen LogP contribution in [0.1, 0.15) is 28.7 Å². The van der Waals surface area contributed by atoms with Gasteiger partial charge in [0.15, 0.2) is 5.13 Å². The lowest BCUT2D eigenvalue weighted by molar-refractivity contribution is -0.138. The standard InChI is InChI=1S/C23H24F3N3O2S/c1-15-9-16(12-21(30)31)11-17(10-15)14-28-5-2-6-29(8-7-28)22-27-19-4-3-18(23(24,25)26)13-20(19)32-22/h3-4,9-11,13H,2,5-8,12,14H2,1H3,(H,30,31). The van der Waals surface area contributed by atoms with Crippen molar-refractivity contribution in [3.63, 3.8) is 0 Å². The number of halogens is 3. The Kier molecular flexibility index (Phi) is 6.39. The van der Waals surface area contributed by atoms with Gasteiger partial charge < -0.3 is 10.0 Å². The SMILES string of the molecule is Cc1cc(CC(=O)O)cc(CN2CCCN(c3nc4ccc(C(F)(F)F)cc4s3)CC2)c1. The van der Waals surface area contributed by atoms with Crippen molar-refractivity contribution in [2.24, 2.45) is 0 Å². The van der Waals surface area contributed by atoms with Gasteiger partial charge in [-0.1, -0.05) is 35.1 Å². The van der Waals surface area contributed by atoms with Crippen LogP contribution < -0.4 is 4.90 Å². The molecule has 0 spiro atoms. The van der Waals surface area contributed by atoms with Crippen LogP contribution in [0.25, 0.3) is 10.2 Å². The Morgan fingerprint density at radius 1 is 1.09 bits per heavy atom. The Morgan fingerprint density at radius 3 is 2.62 bits per heavy atom. The maximum Gasteiger partial charge on any atom is 0.416 e. The summed E-state index contributed by atoms with van der Waals surface area (Å²) in [5, 5.41) is 9.83. The van der Waals surface area contributed by atoms with E-state index in [0.29, 0.717) is 10.2 Å². The fourth-order valence-corrected chi connectivity index (χ4v) is 5.18. The third-order valence-electron chi connectivity index (χ3n) is 5.52. The summed E-state index contributed by atoms with van der Waals surface area (Å²) in [7, 11) is 0. The number of aryl methyl sites for hydroxylation is 1.